The Morgan fingerprint density at radius 2 is 1.65 bits per heavy atom. The summed E-state index contributed by atoms with van der Waals surface area (Å²) in [5, 5.41) is 0.263. The van der Waals surface area contributed by atoms with Crippen molar-refractivity contribution in [1.82, 2.24) is 0 Å². The van der Waals surface area contributed by atoms with Crippen molar-refractivity contribution >= 4 is 24.2 Å². The Kier molecular flexibility index (Phi) is 6.29. The van der Waals surface area contributed by atoms with E-state index in [9.17, 15) is 0 Å². The first-order valence-corrected chi connectivity index (χ1v) is 10.8. The van der Waals surface area contributed by atoms with Gasteiger partial charge in [-0.15, -0.1) is 0 Å². The van der Waals surface area contributed by atoms with Crippen molar-refractivity contribution in [3.05, 3.63) is 28.7 Å². The third-order valence-electron chi connectivity index (χ3n) is 3.88. The Balaban J connectivity index is 2.37. The molecule has 4 heteroatoms. The fourth-order valence-electron chi connectivity index (χ4n) is 1.38. The van der Waals surface area contributed by atoms with Crippen LogP contribution in [-0.2, 0) is 4.43 Å². The largest absolute Gasteiger partial charge is 0.493 e. The molecule has 0 bridgehead atoms. The van der Waals surface area contributed by atoms with E-state index in [2.05, 4.69) is 56.7 Å². The molecule has 0 aliphatic rings. The first-order valence-electron chi connectivity index (χ1n) is 7.14. The minimum atomic E-state index is -1.65. The van der Waals surface area contributed by atoms with Crippen LogP contribution >= 0.6 is 15.9 Å². The zero-order chi connectivity index (χ0) is 15.4. The smallest absolute Gasteiger partial charge is 0.191 e. The van der Waals surface area contributed by atoms with Crippen molar-refractivity contribution in [3.8, 4) is 5.75 Å². The number of rotatable bonds is 6. The Morgan fingerprint density at radius 3 is 2.15 bits per heavy atom. The number of hydrogen-bond donors (Lipinski definition) is 0. The van der Waals surface area contributed by atoms with Crippen molar-refractivity contribution in [1.29, 1.82) is 0 Å². The Hall–Kier alpha value is -0.323. The van der Waals surface area contributed by atoms with Gasteiger partial charge in [-0.25, -0.2) is 0 Å². The highest BCUT2D eigenvalue weighted by Gasteiger charge is 2.37. The van der Waals surface area contributed by atoms with E-state index in [0.29, 0.717) is 12.5 Å². The summed E-state index contributed by atoms with van der Waals surface area (Å²) in [6, 6.07) is 7.94. The molecular weight excluding hydrogens is 332 g/mol. The second-order valence-corrected chi connectivity index (χ2v) is 12.7. The van der Waals surface area contributed by atoms with Crippen LogP contribution in [0.15, 0.2) is 28.7 Å². The fourth-order valence-corrected chi connectivity index (χ4v) is 2.78. The summed E-state index contributed by atoms with van der Waals surface area (Å²) < 4.78 is 13.1. The molecule has 0 aliphatic carbocycles. The second-order valence-electron chi connectivity index (χ2n) is 6.94. The van der Waals surface area contributed by atoms with E-state index in [1.54, 1.807) is 0 Å². The maximum atomic E-state index is 6.21. The monoisotopic (exact) mass is 358 g/mol. The van der Waals surface area contributed by atoms with E-state index in [4.69, 9.17) is 9.16 Å². The molecule has 1 atom stereocenters. The minimum absolute atomic E-state index is 0.263. The van der Waals surface area contributed by atoms with E-state index in [-0.39, 0.29) is 5.04 Å². The Labute approximate surface area is 133 Å². The van der Waals surface area contributed by atoms with Crippen LogP contribution in [0.25, 0.3) is 0 Å². The average Bonchev–Trinajstić information content (AvgIpc) is 2.34. The van der Waals surface area contributed by atoms with Gasteiger partial charge in [-0.2, -0.15) is 0 Å². The maximum Gasteiger partial charge on any atom is 0.191 e. The zero-order valence-corrected chi connectivity index (χ0v) is 16.1. The lowest BCUT2D eigenvalue weighted by Gasteiger charge is -2.37. The average molecular weight is 359 g/mol. The first kappa shape index (κ1) is 17.7. The Morgan fingerprint density at radius 1 is 1.10 bits per heavy atom. The standard InChI is InChI=1S/C16H27BrO2Si/c1-13(12-19-20(5,6)16(2,3)4)11-18-15-9-7-14(17)8-10-15/h7-10,13H,11-12H2,1-6H3. The minimum Gasteiger partial charge on any atom is -0.493 e. The van der Waals surface area contributed by atoms with Crippen LogP contribution in [0.4, 0.5) is 0 Å². The second kappa shape index (κ2) is 7.10. The van der Waals surface area contributed by atoms with Crippen LogP contribution in [0.5, 0.6) is 5.75 Å². The van der Waals surface area contributed by atoms with Gasteiger partial charge in [0.15, 0.2) is 8.32 Å². The first-order chi connectivity index (χ1) is 9.12. The van der Waals surface area contributed by atoms with Crippen LogP contribution in [0.1, 0.15) is 27.7 Å². The molecule has 114 valence electrons. The van der Waals surface area contributed by atoms with Crippen molar-refractivity contribution in [2.24, 2.45) is 5.92 Å². The van der Waals surface area contributed by atoms with E-state index in [0.717, 1.165) is 16.8 Å². The summed E-state index contributed by atoms with van der Waals surface area (Å²) in [4.78, 5) is 0. The summed E-state index contributed by atoms with van der Waals surface area (Å²) >= 11 is 3.42. The van der Waals surface area contributed by atoms with Crippen molar-refractivity contribution in [2.75, 3.05) is 13.2 Å². The van der Waals surface area contributed by atoms with Crippen LogP contribution in [-0.4, -0.2) is 21.5 Å². The molecule has 0 radical (unpaired) electrons. The SMILES string of the molecule is CC(COc1ccc(Br)cc1)CO[Si](C)(C)C(C)(C)C. The lowest BCUT2D eigenvalue weighted by atomic mass is 10.2. The van der Waals surface area contributed by atoms with Crippen molar-refractivity contribution in [3.63, 3.8) is 0 Å². The van der Waals surface area contributed by atoms with Gasteiger partial charge in [0.1, 0.15) is 5.75 Å². The third-order valence-corrected chi connectivity index (χ3v) is 8.91. The van der Waals surface area contributed by atoms with E-state index in [1.165, 1.54) is 0 Å². The van der Waals surface area contributed by atoms with Crippen LogP contribution in [0, 0.1) is 5.92 Å². The predicted octanol–water partition coefficient (Wildman–Crippen LogP) is 5.49. The third kappa shape index (κ3) is 5.58. The van der Waals surface area contributed by atoms with Crippen LogP contribution in [0.3, 0.4) is 0 Å². The van der Waals surface area contributed by atoms with Crippen molar-refractivity contribution in [2.45, 2.75) is 45.8 Å². The molecule has 0 saturated carbocycles. The summed E-state index contributed by atoms with van der Waals surface area (Å²) in [5.41, 5.74) is 0. The molecule has 1 unspecified atom stereocenters. The van der Waals surface area contributed by atoms with Gasteiger partial charge in [0, 0.05) is 17.0 Å². The van der Waals surface area contributed by atoms with Gasteiger partial charge in [0.05, 0.1) is 6.61 Å². The summed E-state index contributed by atoms with van der Waals surface area (Å²) in [6.07, 6.45) is 0. The molecular formula is C16H27BrO2Si. The van der Waals surface area contributed by atoms with Gasteiger partial charge in [-0.3, -0.25) is 0 Å². The molecule has 0 fully saturated rings. The topological polar surface area (TPSA) is 18.5 Å². The number of hydrogen-bond acceptors (Lipinski definition) is 2. The molecule has 1 aromatic rings. The molecule has 2 nitrogen and oxygen atoms in total. The molecule has 0 N–H and O–H groups in total. The number of ether oxygens (including phenoxy) is 1. The highest BCUT2D eigenvalue weighted by Crippen LogP contribution is 2.36. The lowest BCUT2D eigenvalue weighted by Crippen LogP contribution is -2.42. The molecule has 1 rings (SSSR count). The van der Waals surface area contributed by atoms with Crippen molar-refractivity contribution < 1.29 is 9.16 Å². The lowest BCUT2D eigenvalue weighted by molar-refractivity contribution is 0.177. The molecule has 0 saturated heterocycles. The van der Waals surface area contributed by atoms with E-state index in [1.807, 2.05) is 24.3 Å². The Bertz CT molecular complexity index is 409. The summed E-state index contributed by atoms with van der Waals surface area (Å²) in [6.45, 7) is 15.0. The van der Waals surface area contributed by atoms with E-state index < -0.39 is 8.32 Å². The van der Waals surface area contributed by atoms with E-state index >= 15 is 0 Å². The van der Waals surface area contributed by atoms with Gasteiger partial charge in [0.25, 0.3) is 0 Å². The molecule has 0 aliphatic heterocycles. The quantitative estimate of drug-likeness (QED) is 0.626. The molecule has 1 aromatic carbocycles. The highest BCUT2D eigenvalue weighted by molar-refractivity contribution is 9.10. The molecule has 0 spiro atoms. The summed E-state index contributed by atoms with van der Waals surface area (Å²) in [5.74, 6) is 1.31. The predicted molar refractivity (Wildman–Crippen MR) is 92.0 cm³/mol. The maximum absolute atomic E-state index is 6.21. The summed E-state index contributed by atoms with van der Waals surface area (Å²) in [7, 11) is -1.65. The molecule has 0 amide bonds. The van der Waals surface area contributed by atoms with Crippen LogP contribution in [0.2, 0.25) is 18.1 Å². The zero-order valence-electron chi connectivity index (χ0n) is 13.5. The normalized spacial score (nSPS) is 14.2. The van der Waals surface area contributed by atoms with Gasteiger partial charge < -0.3 is 9.16 Å². The van der Waals surface area contributed by atoms with Gasteiger partial charge in [-0.05, 0) is 42.4 Å². The molecule has 20 heavy (non-hydrogen) atoms. The van der Waals surface area contributed by atoms with Crippen LogP contribution < -0.4 is 4.74 Å². The highest BCUT2D eigenvalue weighted by atomic mass is 79.9. The van der Waals surface area contributed by atoms with Gasteiger partial charge in [0.2, 0.25) is 0 Å². The number of benzene rings is 1. The molecule has 0 heterocycles. The van der Waals surface area contributed by atoms with Gasteiger partial charge in [-0.1, -0.05) is 43.6 Å². The van der Waals surface area contributed by atoms with Gasteiger partial charge >= 0.3 is 0 Å². The molecule has 0 aromatic heterocycles. The fraction of sp³-hybridized carbons (Fsp3) is 0.625. The number of halogens is 1.